The van der Waals surface area contributed by atoms with Crippen LogP contribution in [-0.2, 0) is 13.0 Å². The summed E-state index contributed by atoms with van der Waals surface area (Å²) in [4.78, 5) is 0. The lowest BCUT2D eigenvalue weighted by Crippen LogP contribution is -2.30. The molecule has 0 saturated carbocycles. The first-order valence-electron chi connectivity index (χ1n) is 6.80. The van der Waals surface area contributed by atoms with Gasteiger partial charge in [-0.05, 0) is 50.1 Å². The zero-order valence-electron chi connectivity index (χ0n) is 12.2. The number of nitrogens with zero attached hydrogens (tertiary/aromatic N) is 2. The van der Waals surface area contributed by atoms with Gasteiger partial charge in [0.15, 0.2) is 0 Å². The number of nitrogens with one attached hydrogen (secondary N) is 1. The molecular weight excluding hydrogens is 316 g/mol. The van der Waals surface area contributed by atoms with Gasteiger partial charge in [0, 0.05) is 23.1 Å². The van der Waals surface area contributed by atoms with E-state index in [-0.39, 0.29) is 6.04 Å². The van der Waals surface area contributed by atoms with Crippen LogP contribution in [0.3, 0.4) is 0 Å². The van der Waals surface area contributed by atoms with Crippen molar-refractivity contribution < 1.29 is 0 Å². The number of hydrazine groups is 1. The molecule has 1 atom stereocenters. The van der Waals surface area contributed by atoms with Crippen LogP contribution in [0.1, 0.15) is 35.5 Å². The molecule has 0 aliphatic carbocycles. The molecule has 1 unspecified atom stereocenters. The molecule has 1 aromatic carbocycles. The van der Waals surface area contributed by atoms with Gasteiger partial charge in [-0.2, -0.15) is 5.10 Å². The van der Waals surface area contributed by atoms with Crippen molar-refractivity contribution in [2.75, 3.05) is 0 Å². The van der Waals surface area contributed by atoms with E-state index >= 15 is 0 Å². The summed E-state index contributed by atoms with van der Waals surface area (Å²) in [5, 5.41) is 4.48. The monoisotopic (exact) mass is 336 g/mol. The fourth-order valence-electron chi connectivity index (χ4n) is 2.49. The van der Waals surface area contributed by atoms with Crippen LogP contribution in [0.4, 0.5) is 0 Å². The molecule has 20 heavy (non-hydrogen) atoms. The summed E-state index contributed by atoms with van der Waals surface area (Å²) >= 11 is 3.54. The summed E-state index contributed by atoms with van der Waals surface area (Å²) in [5.41, 5.74) is 7.56. The highest BCUT2D eigenvalue weighted by atomic mass is 79.9. The highest BCUT2D eigenvalue weighted by Crippen LogP contribution is 2.23. The number of hydrogen-bond acceptors (Lipinski definition) is 3. The lowest BCUT2D eigenvalue weighted by molar-refractivity contribution is 0.516. The highest BCUT2D eigenvalue weighted by Gasteiger charge is 2.15. The van der Waals surface area contributed by atoms with E-state index in [1.54, 1.807) is 0 Å². The van der Waals surface area contributed by atoms with Crippen molar-refractivity contribution >= 4 is 15.9 Å². The third-order valence-electron chi connectivity index (χ3n) is 3.37. The first-order valence-corrected chi connectivity index (χ1v) is 7.59. The lowest BCUT2D eigenvalue weighted by Gasteiger charge is -2.18. The number of aryl methyl sites for hydroxylation is 3. The van der Waals surface area contributed by atoms with E-state index in [0.717, 1.165) is 23.1 Å². The van der Waals surface area contributed by atoms with E-state index in [4.69, 9.17) is 5.84 Å². The summed E-state index contributed by atoms with van der Waals surface area (Å²) in [7, 11) is 0. The zero-order valence-corrected chi connectivity index (χ0v) is 13.7. The van der Waals surface area contributed by atoms with Crippen molar-refractivity contribution in [1.82, 2.24) is 15.2 Å². The Hall–Kier alpha value is -1.17. The average Bonchev–Trinajstić information content (AvgIpc) is 2.74. The Morgan fingerprint density at radius 3 is 2.65 bits per heavy atom. The molecule has 0 amide bonds. The second-order valence-electron chi connectivity index (χ2n) is 5.08. The second kappa shape index (κ2) is 6.52. The van der Waals surface area contributed by atoms with Crippen molar-refractivity contribution in [1.29, 1.82) is 0 Å². The Bertz CT molecular complexity index is 571. The van der Waals surface area contributed by atoms with Gasteiger partial charge in [0.2, 0.25) is 0 Å². The van der Waals surface area contributed by atoms with Crippen LogP contribution in [0, 0.1) is 13.8 Å². The van der Waals surface area contributed by atoms with Crippen molar-refractivity contribution in [3.8, 4) is 0 Å². The van der Waals surface area contributed by atoms with E-state index in [9.17, 15) is 0 Å². The maximum Gasteiger partial charge on any atom is 0.0596 e. The minimum atomic E-state index is 0.0765. The number of hydrogen-bond donors (Lipinski definition) is 2. The maximum absolute atomic E-state index is 5.76. The zero-order chi connectivity index (χ0) is 14.7. The van der Waals surface area contributed by atoms with Crippen LogP contribution in [0.25, 0.3) is 0 Å². The molecule has 5 heteroatoms. The summed E-state index contributed by atoms with van der Waals surface area (Å²) in [5.74, 6) is 5.76. The fraction of sp³-hybridized carbons (Fsp3) is 0.400. The molecule has 0 bridgehead atoms. The van der Waals surface area contributed by atoms with E-state index in [1.165, 1.54) is 16.8 Å². The number of benzene rings is 1. The third-order valence-corrected chi connectivity index (χ3v) is 3.82. The summed E-state index contributed by atoms with van der Waals surface area (Å²) < 4.78 is 3.11. The summed E-state index contributed by atoms with van der Waals surface area (Å²) in [6, 6.07) is 8.56. The second-order valence-corrected chi connectivity index (χ2v) is 5.99. The van der Waals surface area contributed by atoms with Gasteiger partial charge in [-0.25, -0.2) is 0 Å². The number of halogens is 1. The Balaban J connectivity index is 2.28. The molecule has 0 saturated heterocycles. The van der Waals surface area contributed by atoms with E-state index in [0.29, 0.717) is 0 Å². The fourth-order valence-corrected chi connectivity index (χ4v) is 3.11. The third kappa shape index (κ3) is 3.48. The minimum Gasteiger partial charge on any atom is -0.271 e. The van der Waals surface area contributed by atoms with Crippen LogP contribution in [-0.4, -0.2) is 9.78 Å². The van der Waals surface area contributed by atoms with Gasteiger partial charge in [0.05, 0.1) is 11.7 Å². The number of nitrogens with two attached hydrogens (primary N) is 1. The Kier molecular flexibility index (Phi) is 4.96. The first-order chi connectivity index (χ1) is 9.53. The maximum atomic E-state index is 5.76. The predicted octanol–water partition coefficient (Wildman–Crippen LogP) is 3.03. The molecular formula is C15H21BrN4. The Morgan fingerprint density at radius 1 is 1.30 bits per heavy atom. The standard InChI is InChI=1S/C15H21BrN4/c1-4-20-14(7-11(3)19-20)9-15(18-17)12-5-10(2)6-13(16)8-12/h5-8,15,18H,4,9,17H2,1-3H3. The van der Waals surface area contributed by atoms with Crippen molar-refractivity contribution in [2.24, 2.45) is 5.84 Å². The molecule has 1 aromatic heterocycles. The summed E-state index contributed by atoms with van der Waals surface area (Å²) in [6.45, 7) is 7.08. The molecule has 108 valence electrons. The molecule has 0 fully saturated rings. The van der Waals surface area contributed by atoms with Crippen molar-refractivity contribution in [3.63, 3.8) is 0 Å². The van der Waals surface area contributed by atoms with Crippen LogP contribution in [0.5, 0.6) is 0 Å². The Labute approximate surface area is 128 Å². The van der Waals surface area contributed by atoms with E-state index in [2.05, 4.69) is 64.6 Å². The molecule has 0 spiro atoms. The molecule has 2 rings (SSSR count). The minimum absolute atomic E-state index is 0.0765. The van der Waals surface area contributed by atoms with Gasteiger partial charge < -0.3 is 0 Å². The molecule has 0 radical (unpaired) electrons. The van der Waals surface area contributed by atoms with E-state index < -0.39 is 0 Å². The molecule has 1 heterocycles. The molecule has 4 nitrogen and oxygen atoms in total. The quantitative estimate of drug-likeness (QED) is 0.651. The lowest BCUT2D eigenvalue weighted by atomic mass is 10.0. The largest absolute Gasteiger partial charge is 0.271 e. The molecule has 3 N–H and O–H groups in total. The van der Waals surface area contributed by atoms with Gasteiger partial charge in [0.1, 0.15) is 0 Å². The van der Waals surface area contributed by atoms with Crippen molar-refractivity contribution in [3.05, 3.63) is 51.3 Å². The van der Waals surface area contributed by atoms with Crippen LogP contribution < -0.4 is 11.3 Å². The highest BCUT2D eigenvalue weighted by molar-refractivity contribution is 9.10. The van der Waals surface area contributed by atoms with Gasteiger partial charge in [-0.15, -0.1) is 0 Å². The average molecular weight is 337 g/mol. The smallest absolute Gasteiger partial charge is 0.0596 e. The predicted molar refractivity (Wildman–Crippen MR) is 85.3 cm³/mol. The Morgan fingerprint density at radius 2 is 2.05 bits per heavy atom. The SMILES string of the molecule is CCn1nc(C)cc1CC(NN)c1cc(C)cc(Br)c1. The first kappa shape index (κ1) is 15.2. The van der Waals surface area contributed by atoms with Gasteiger partial charge in [-0.1, -0.05) is 22.0 Å². The topological polar surface area (TPSA) is 55.9 Å². The normalized spacial score (nSPS) is 12.7. The number of aromatic nitrogens is 2. The van der Waals surface area contributed by atoms with Gasteiger partial charge in [-0.3, -0.25) is 16.0 Å². The summed E-state index contributed by atoms with van der Waals surface area (Å²) in [6.07, 6.45) is 0.821. The van der Waals surface area contributed by atoms with Crippen LogP contribution in [0.2, 0.25) is 0 Å². The number of rotatable bonds is 5. The van der Waals surface area contributed by atoms with Gasteiger partial charge in [0.25, 0.3) is 0 Å². The molecule has 0 aliphatic heterocycles. The van der Waals surface area contributed by atoms with E-state index in [1.807, 2.05) is 11.6 Å². The molecule has 0 aliphatic rings. The van der Waals surface area contributed by atoms with Crippen molar-refractivity contribution in [2.45, 2.75) is 39.8 Å². The van der Waals surface area contributed by atoms with Crippen LogP contribution >= 0.6 is 15.9 Å². The van der Waals surface area contributed by atoms with Crippen LogP contribution in [0.15, 0.2) is 28.7 Å². The van der Waals surface area contributed by atoms with Gasteiger partial charge >= 0.3 is 0 Å². The molecule has 2 aromatic rings.